The minimum Gasteiger partial charge on any atom is -0.392 e. The van der Waals surface area contributed by atoms with Gasteiger partial charge >= 0.3 is 0 Å². The molecule has 35 heavy (non-hydrogen) atoms. The van der Waals surface area contributed by atoms with Crippen molar-refractivity contribution in [3.63, 3.8) is 0 Å². The minimum atomic E-state index is -0.572. The Balaban J connectivity index is 1.39. The third kappa shape index (κ3) is 5.75. The predicted octanol–water partition coefficient (Wildman–Crippen LogP) is 3.88. The molecule has 0 spiro atoms. The summed E-state index contributed by atoms with van der Waals surface area (Å²) < 4.78 is 0. The van der Waals surface area contributed by atoms with Crippen molar-refractivity contribution in [3.8, 4) is 0 Å². The number of carbonyl (C=O) groups excluding carboxylic acids is 2. The Morgan fingerprint density at radius 1 is 1.11 bits per heavy atom. The normalized spacial score (nSPS) is 31.1. The van der Waals surface area contributed by atoms with Crippen LogP contribution in [0.15, 0.2) is 54.9 Å². The highest BCUT2D eigenvalue weighted by Gasteiger charge is 2.53. The van der Waals surface area contributed by atoms with Crippen LogP contribution >= 0.6 is 0 Å². The fourth-order valence-electron chi connectivity index (χ4n) is 6.58. The number of hydrogen-bond donors (Lipinski definition) is 3. The van der Waals surface area contributed by atoms with E-state index in [1.165, 1.54) is 0 Å². The number of carbonyl (C=O) groups is 2. The number of aromatic nitrogens is 1. The van der Waals surface area contributed by atoms with Gasteiger partial charge in [0.25, 0.3) is 0 Å². The summed E-state index contributed by atoms with van der Waals surface area (Å²) in [6.07, 6.45) is 7.00. The van der Waals surface area contributed by atoms with Crippen LogP contribution in [0.3, 0.4) is 0 Å². The topological polar surface area (TPSA) is 91.3 Å². The number of pyridine rings is 1. The lowest BCUT2D eigenvalue weighted by Gasteiger charge is -2.56. The number of aliphatic hydroxyl groups is 1. The van der Waals surface area contributed by atoms with Crippen LogP contribution in [0.25, 0.3) is 0 Å². The Bertz CT molecular complexity index is 999. The number of nitrogens with zero attached hydrogens (tertiary/aromatic N) is 1. The predicted molar refractivity (Wildman–Crippen MR) is 136 cm³/mol. The van der Waals surface area contributed by atoms with Gasteiger partial charge in [-0.25, -0.2) is 0 Å². The second-order valence-corrected chi connectivity index (χ2v) is 11.0. The summed E-state index contributed by atoms with van der Waals surface area (Å²) >= 11 is 0. The molecule has 4 rings (SSSR count). The van der Waals surface area contributed by atoms with Gasteiger partial charge in [-0.15, -0.1) is 0 Å². The average Bonchev–Trinajstić information content (AvgIpc) is 2.85. The van der Waals surface area contributed by atoms with Crippen LogP contribution in [0.2, 0.25) is 0 Å². The molecular formula is C29H39N3O3. The standard InChI is InChI=1S/C29H39N3O3/c1-19(28(35)31-18-22-10-7-15-30-17-22)23-11-13-29(3)14-12-24(20(2)26(29)27(23)34)32-25(33)16-21-8-5-4-6-9-21/h4-10,15,17,19-20,23-24,26-27,34H,11-14,16,18H2,1-3H3,(H,31,35)(H,32,33)/t19-,20-,23-,24-,26+,27-,29+/m0/s1. The van der Waals surface area contributed by atoms with Gasteiger partial charge < -0.3 is 15.7 Å². The van der Waals surface area contributed by atoms with E-state index < -0.39 is 6.10 Å². The molecule has 6 heteroatoms. The van der Waals surface area contributed by atoms with Crippen LogP contribution in [0.1, 0.15) is 57.6 Å². The maximum atomic E-state index is 13.0. The van der Waals surface area contributed by atoms with Gasteiger partial charge in [0, 0.05) is 30.9 Å². The largest absolute Gasteiger partial charge is 0.392 e. The molecule has 2 saturated carbocycles. The highest BCUT2D eigenvalue weighted by Crippen LogP contribution is 2.55. The summed E-state index contributed by atoms with van der Waals surface area (Å²) in [4.78, 5) is 29.8. The summed E-state index contributed by atoms with van der Waals surface area (Å²) in [5.74, 6) is -0.198. The minimum absolute atomic E-state index is 0.0293. The first-order valence-corrected chi connectivity index (χ1v) is 13.0. The Labute approximate surface area is 208 Å². The van der Waals surface area contributed by atoms with Crippen molar-refractivity contribution in [2.45, 2.75) is 71.6 Å². The molecule has 188 valence electrons. The molecule has 3 N–H and O–H groups in total. The maximum Gasteiger partial charge on any atom is 0.224 e. The lowest BCUT2D eigenvalue weighted by molar-refractivity contribution is -0.143. The molecule has 2 aliphatic rings. The Hall–Kier alpha value is -2.73. The summed E-state index contributed by atoms with van der Waals surface area (Å²) in [5.41, 5.74) is 1.99. The van der Waals surface area contributed by atoms with E-state index in [4.69, 9.17) is 0 Å². The van der Waals surface area contributed by atoms with Gasteiger partial charge in [0.2, 0.25) is 11.8 Å². The van der Waals surface area contributed by atoms with Gasteiger partial charge in [0.15, 0.2) is 0 Å². The molecule has 2 amide bonds. The van der Waals surface area contributed by atoms with Crippen molar-refractivity contribution < 1.29 is 14.7 Å². The highest BCUT2D eigenvalue weighted by molar-refractivity contribution is 5.79. The first-order valence-electron chi connectivity index (χ1n) is 13.0. The molecule has 0 saturated heterocycles. The van der Waals surface area contributed by atoms with E-state index in [-0.39, 0.29) is 46.9 Å². The smallest absolute Gasteiger partial charge is 0.224 e. The van der Waals surface area contributed by atoms with Crippen LogP contribution in [0.5, 0.6) is 0 Å². The first-order chi connectivity index (χ1) is 16.8. The number of hydrogen-bond acceptors (Lipinski definition) is 4. The Kier molecular flexibility index (Phi) is 7.90. The van der Waals surface area contributed by atoms with E-state index in [0.717, 1.165) is 36.8 Å². The van der Waals surface area contributed by atoms with Crippen molar-refractivity contribution >= 4 is 11.8 Å². The summed E-state index contributed by atoms with van der Waals surface area (Å²) in [6.45, 7) is 6.81. The van der Waals surface area contributed by atoms with Gasteiger partial charge in [-0.2, -0.15) is 0 Å². The van der Waals surface area contributed by atoms with Gasteiger partial charge in [-0.3, -0.25) is 14.6 Å². The van der Waals surface area contributed by atoms with Crippen molar-refractivity contribution in [1.82, 2.24) is 15.6 Å². The van der Waals surface area contributed by atoms with Gasteiger partial charge in [-0.1, -0.05) is 57.2 Å². The summed E-state index contributed by atoms with van der Waals surface area (Å²) in [5, 5.41) is 17.9. The first kappa shape index (κ1) is 25.4. The van der Waals surface area contributed by atoms with Gasteiger partial charge in [-0.05, 0) is 66.0 Å². The van der Waals surface area contributed by atoms with Gasteiger partial charge in [0.05, 0.1) is 12.5 Å². The molecule has 2 aliphatic carbocycles. The second kappa shape index (κ2) is 10.9. The molecule has 2 aromatic rings. The van der Waals surface area contributed by atoms with Gasteiger partial charge in [0.1, 0.15) is 0 Å². The van der Waals surface area contributed by atoms with Crippen molar-refractivity contribution in [2.75, 3.05) is 0 Å². The molecule has 0 radical (unpaired) electrons. The van der Waals surface area contributed by atoms with Crippen LogP contribution < -0.4 is 10.6 Å². The highest BCUT2D eigenvalue weighted by atomic mass is 16.3. The van der Waals surface area contributed by atoms with Crippen molar-refractivity contribution in [2.24, 2.45) is 29.1 Å². The monoisotopic (exact) mass is 477 g/mol. The zero-order chi connectivity index (χ0) is 25.0. The zero-order valence-electron chi connectivity index (χ0n) is 21.1. The molecule has 0 bridgehead atoms. The van der Waals surface area contributed by atoms with E-state index in [2.05, 4.69) is 29.5 Å². The lowest BCUT2D eigenvalue weighted by atomic mass is 9.51. The van der Waals surface area contributed by atoms with Crippen molar-refractivity contribution in [3.05, 3.63) is 66.0 Å². The number of amides is 2. The SMILES string of the molecule is C[C@@H]1[C@@H]2[C@@H](O)[C@H]([C@H](C)C(=O)NCc3cccnc3)CC[C@]2(C)CC[C@@H]1NC(=O)Cc1ccccc1. The molecule has 1 heterocycles. The van der Waals surface area contributed by atoms with Crippen LogP contribution in [0.4, 0.5) is 0 Å². The molecule has 0 aliphatic heterocycles. The molecule has 1 aromatic heterocycles. The van der Waals surface area contributed by atoms with Crippen molar-refractivity contribution in [1.29, 1.82) is 0 Å². The third-order valence-electron chi connectivity index (χ3n) is 8.69. The Morgan fingerprint density at radius 2 is 1.83 bits per heavy atom. The molecule has 6 nitrogen and oxygen atoms in total. The van der Waals surface area contributed by atoms with Crippen LogP contribution in [0, 0.1) is 29.1 Å². The maximum absolute atomic E-state index is 13.0. The second-order valence-electron chi connectivity index (χ2n) is 11.0. The average molecular weight is 478 g/mol. The summed E-state index contributed by atoms with van der Waals surface area (Å²) in [6, 6.07) is 13.6. The van der Waals surface area contributed by atoms with E-state index >= 15 is 0 Å². The molecule has 1 aromatic carbocycles. The van der Waals surface area contributed by atoms with E-state index in [1.54, 1.807) is 12.4 Å². The summed E-state index contributed by atoms with van der Waals surface area (Å²) in [7, 11) is 0. The zero-order valence-corrected chi connectivity index (χ0v) is 21.1. The van der Waals surface area contributed by atoms with Crippen LogP contribution in [-0.2, 0) is 22.6 Å². The number of rotatable bonds is 7. The number of aliphatic hydroxyl groups excluding tert-OH is 1. The number of benzene rings is 1. The number of nitrogens with one attached hydrogen (secondary N) is 2. The third-order valence-corrected chi connectivity index (χ3v) is 8.69. The lowest BCUT2D eigenvalue weighted by Crippen LogP contribution is -2.58. The molecule has 0 unspecified atom stereocenters. The quantitative estimate of drug-likeness (QED) is 0.564. The van der Waals surface area contributed by atoms with E-state index in [9.17, 15) is 14.7 Å². The molecular weight excluding hydrogens is 438 g/mol. The van der Waals surface area contributed by atoms with Crippen LogP contribution in [-0.4, -0.2) is 34.1 Å². The van der Waals surface area contributed by atoms with E-state index in [1.807, 2.05) is 49.4 Å². The fourth-order valence-corrected chi connectivity index (χ4v) is 6.58. The molecule has 2 fully saturated rings. The van der Waals surface area contributed by atoms with E-state index in [0.29, 0.717) is 13.0 Å². The fraction of sp³-hybridized carbons (Fsp3) is 0.552. The Morgan fingerprint density at radius 3 is 2.54 bits per heavy atom. The molecule has 7 atom stereocenters. The number of fused-ring (bicyclic) bond motifs is 1.